The minimum absolute atomic E-state index is 0.159. The van der Waals surface area contributed by atoms with E-state index < -0.39 is 5.97 Å². The molecule has 1 saturated heterocycles. The molecule has 1 fully saturated rings. The van der Waals surface area contributed by atoms with Crippen LogP contribution in [-0.2, 0) is 9.59 Å². The Morgan fingerprint density at radius 3 is 2.50 bits per heavy atom. The third-order valence-electron chi connectivity index (χ3n) is 3.52. The first-order chi connectivity index (χ1) is 8.54. The van der Waals surface area contributed by atoms with Crippen molar-refractivity contribution in [1.29, 1.82) is 0 Å². The summed E-state index contributed by atoms with van der Waals surface area (Å²) in [7, 11) is 0. The highest BCUT2D eigenvalue weighted by atomic mass is 32.2. The number of carboxylic acid groups (broad SMARTS) is 1. The van der Waals surface area contributed by atoms with Gasteiger partial charge in [0.05, 0.1) is 11.7 Å². The molecular weight excluding hydrogens is 250 g/mol. The quantitative estimate of drug-likeness (QED) is 0.805. The average Bonchev–Trinajstić information content (AvgIpc) is 2.38. The number of hydrogen-bond donors (Lipinski definition) is 1. The molecule has 1 rings (SSSR count). The molecule has 0 bridgehead atoms. The first kappa shape index (κ1) is 15.3. The van der Waals surface area contributed by atoms with Gasteiger partial charge in [-0.05, 0) is 24.5 Å². The smallest absolute Gasteiger partial charge is 0.306 e. The third kappa shape index (κ3) is 4.88. The lowest BCUT2D eigenvalue weighted by Crippen LogP contribution is -2.41. The molecular formula is C13H23NO3S. The van der Waals surface area contributed by atoms with Crippen LogP contribution in [0.15, 0.2) is 0 Å². The van der Waals surface area contributed by atoms with Crippen molar-refractivity contribution in [1.82, 2.24) is 4.90 Å². The topological polar surface area (TPSA) is 57.6 Å². The molecule has 1 aliphatic rings. The molecule has 1 amide bonds. The van der Waals surface area contributed by atoms with Crippen LogP contribution in [0, 0.1) is 11.8 Å². The predicted molar refractivity (Wildman–Crippen MR) is 73.7 cm³/mol. The van der Waals surface area contributed by atoms with Gasteiger partial charge in [-0.2, -0.15) is 11.8 Å². The van der Waals surface area contributed by atoms with E-state index in [1.807, 2.05) is 4.90 Å². The molecule has 104 valence electrons. The molecule has 1 unspecified atom stereocenters. The van der Waals surface area contributed by atoms with Crippen LogP contribution >= 0.6 is 11.8 Å². The number of thioether (sulfide) groups is 1. The Hall–Kier alpha value is -0.710. The molecule has 1 heterocycles. The number of piperidine rings is 1. The molecule has 18 heavy (non-hydrogen) atoms. The van der Waals surface area contributed by atoms with Crippen molar-refractivity contribution in [2.45, 2.75) is 33.1 Å². The van der Waals surface area contributed by atoms with Crippen molar-refractivity contribution in [3.63, 3.8) is 0 Å². The highest BCUT2D eigenvalue weighted by Gasteiger charge is 2.26. The van der Waals surface area contributed by atoms with Crippen LogP contribution in [-0.4, -0.2) is 46.5 Å². The van der Waals surface area contributed by atoms with Gasteiger partial charge in [0, 0.05) is 13.1 Å². The maximum Gasteiger partial charge on any atom is 0.306 e. The summed E-state index contributed by atoms with van der Waals surface area (Å²) in [5.41, 5.74) is 0. The van der Waals surface area contributed by atoms with E-state index in [-0.39, 0.29) is 11.8 Å². The monoisotopic (exact) mass is 273 g/mol. The van der Waals surface area contributed by atoms with Crippen LogP contribution in [0.4, 0.5) is 0 Å². The number of nitrogens with zero attached hydrogens (tertiary/aromatic N) is 1. The number of likely N-dealkylation sites (tertiary alicyclic amines) is 1. The van der Waals surface area contributed by atoms with Gasteiger partial charge in [-0.3, -0.25) is 9.59 Å². The van der Waals surface area contributed by atoms with Gasteiger partial charge in [-0.25, -0.2) is 0 Å². The van der Waals surface area contributed by atoms with Crippen molar-refractivity contribution >= 4 is 23.6 Å². The van der Waals surface area contributed by atoms with Crippen molar-refractivity contribution in [3.8, 4) is 0 Å². The van der Waals surface area contributed by atoms with E-state index >= 15 is 0 Å². The summed E-state index contributed by atoms with van der Waals surface area (Å²) in [5.74, 6) is 1.37. The van der Waals surface area contributed by atoms with Gasteiger partial charge in [0.1, 0.15) is 0 Å². The second-order valence-electron chi connectivity index (χ2n) is 5.02. The molecule has 0 saturated carbocycles. The normalized spacial score (nSPS) is 18.7. The lowest BCUT2D eigenvalue weighted by atomic mass is 9.97. The summed E-state index contributed by atoms with van der Waals surface area (Å²) in [6.45, 7) is 5.54. The lowest BCUT2D eigenvalue weighted by molar-refractivity contribution is -0.145. The molecule has 1 atom stereocenters. The van der Waals surface area contributed by atoms with Crippen LogP contribution in [0.1, 0.15) is 33.1 Å². The summed E-state index contributed by atoms with van der Waals surface area (Å²) in [4.78, 5) is 24.5. The van der Waals surface area contributed by atoms with Gasteiger partial charge >= 0.3 is 5.97 Å². The highest BCUT2D eigenvalue weighted by molar-refractivity contribution is 7.99. The minimum atomic E-state index is -0.728. The Kier molecular flexibility index (Phi) is 6.54. The molecule has 0 aromatic carbocycles. The zero-order valence-electron chi connectivity index (χ0n) is 11.2. The fraction of sp³-hybridized carbons (Fsp3) is 0.846. The Morgan fingerprint density at radius 2 is 2.00 bits per heavy atom. The number of rotatable bonds is 6. The van der Waals surface area contributed by atoms with Crippen LogP contribution in [0.25, 0.3) is 0 Å². The van der Waals surface area contributed by atoms with E-state index in [0.29, 0.717) is 37.6 Å². The third-order valence-corrected chi connectivity index (χ3v) is 4.78. The highest BCUT2D eigenvalue weighted by Crippen LogP contribution is 2.19. The molecule has 0 aliphatic carbocycles. The van der Waals surface area contributed by atoms with Crippen molar-refractivity contribution in [3.05, 3.63) is 0 Å². The molecule has 1 aliphatic heterocycles. The molecule has 0 spiro atoms. The first-order valence-electron chi connectivity index (χ1n) is 6.62. The number of carbonyl (C=O) groups excluding carboxylic acids is 1. The average molecular weight is 273 g/mol. The van der Waals surface area contributed by atoms with Crippen molar-refractivity contribution in [2.75, 3.05) is 24.6 Å². The van der Waals surface area contributed by atoms with Crippen LogP contribution < -0.4 is 0 Å². The summed E-state index contributed by atoms with van der Waals surface area (Å²) in [5, 5.41) is 8.89. The van der Waals surface area contributed by atoms with Gasteiger partial charge in [0.2, 0.25) is 5.91 Å². The van der Waals surface area contributed by atoms with E-state index in [4.69, 9.17) is 5.11 Å². The minimum Gasteiger partial charge on any atom is -0.481 e. The molecule has 1 N–H and O–H groups in total. The fourth-order valence-corrected chi connectivity index (χ4v) is 3.05. The van der Waals surface area contributed by atoms with Crippen molar-refractivity contribution in [2.24, 2.45) is 11.8 Å². The zero-order valence-corrected chi connectivity index (χ0v) is 12.0. The van der Waals surface area contributed by atoms with Gasteiger partial charge in [-0.15, -0.1) is 0 Å². The number of carbonyl (C=O) groups is 2. The van der Waals surface area contributed by atoms with E-state index in [1.54, 1.807) is 11.8 Å². The zero-order chi connectivity index (χ0) is 13.5. The number of aliphatic carboxylic acids is 1. The van der Waals surface area contributed by atoms with E-state index in [9.17, 15) is 9.59 Å². The number of carboxylic acids is 1. The Bertz CT molecular complexity index is 288. The predicted octanol–water partition coefficient (Wildman–Crippen LogP) is 2.09. The summed E-state index contributed by atoms with van der Waals surface area (Å²) >= 11 is 1.69. The van der Waals surface area contributed by atoms with Crippen LogP contribution in [0.2, 0.25) is 0 Å². The van der Waals surface area contributed by atoms with Crippen LogP contribution in [0.5, 0.6) is 0 Å². The van der Waals surface area contributed by atoms with E-state index in [1.165, 1.54) is 0 Å². The SMILES string of the molecule is CCC(C)CSCC(=O)N1CCC(C(=O)O)CC1. The summed E-state index contributed by atoms with van der Waals surface area (Å²) < 4.78 is 0. The molecule has 4 nitrogen and oxygen atoms in total. The first-order valence-corrected chi connectivity index (χ1v) is 7.78. The van der Waals surface area contributed by atoms with Gasteiger partial charge in [-0.1, -0.05) is 20.3 Å². The van der Waals surface area contributed by atoms with E-state index in [0.717, 1.165) is 12.2 Å². The molecule has 0 aromatic rings. The fourth-order valence-electron chi connectivity index (χ4n) is 1.93. The van der Waals surface area contributed by atoms with Gasteiger partial charge < -0.3 is 10.0 Å². The second-order valence-corrected chi connectivity index (χ2v) is 6.05. The summed E-state index contributed by atoms with van der Waals surface area (Å²) in [6.07, 6.45) is 2.33. The second kappa shape index (κ2) is 7.67. The largest absolute Gasteiger partial charge is 0.481 e. The molecule has 0 aromatic heterocycles. The van der Waals surface area contributed by atoms with Gasteiger partial charge in [0.15, 0.2) is 0 Å². The number of hydrogen-bond acceptors (Lipinski definition) is 3. The maximum absolute atomic E-state index is 11.9. The molecule has 5 heteroatoms. The Balaban J connectivity index is 2.22. The number of amides is 1. The standard InChI is InChI=1S/C13H23NO3S/c1-3-10(2)8-18-9-12(15)14-6-4-11(5-7-14)13(16)17/h10-11H,3-9H2,1-2H3,(H,16,17). The maximum atomic E-state index is 11.9. The van der Waals surface area contributed by atoms with Crippen molar-refractivity contribution < 1.29 is 14.7 Å². The van der Waals surface area contributed by atoms with Crippen LogP contribution in [0.3, 0.4) is 0 Å². The Morgan fingerprint density at radius 1 is 1.39 bits per heavy atom. The Labute approximate surface area is 113 Å². The summed E-state index contributed by atoms with van der Waals surface area (Å²) in [6, 6.07) is 0. The molecule has 0 radical (unpaired) electrons. The van der Waals surface area contributed by atoms with E-state index in [2.05, 4.69) is 13.8 Å². The lowest BCUT2D eigenvalue weighted by Gasteiger charge is -2.30. The van der Waals surface area contributed by atoms with Gasteiger partial charge in [0.25, 0.3) is 0 Å².